The second kappa shape index (κ2) is 5.24. The zero-order valence-electron chi connectivity index (χ0n) is 12.0. The third-order valence-electron chi connectivity index (χ3n) is 4.44. The van der Waals surface area contributed by atoms with Gasteiger partial charge in [-0.25, -0.2) is 0 Å². The minimum atomic E-state index is 0.763. The van der Waals surface area contributed by atoms with Crippen LogP contribution in [0.5, 0.6) is 0 Å². The van der Waals surface area contributed by atoms with Crippen LogP contribution >= 0.6 is 0 Å². The molecule has 0 aliphatic heterocycles. The average Bonchev–Trinajstić information content (AvgIpc) is 2.47. The van der Waals surface area contributed by atoms with Gasteiger partial charge in [0.05, 0.1) is 0 Å². The fraction of sp³-hybridized carbons (Fsp3) is 0.444. The van der Waals surface area contributed by atoms with Crippen molar-refractivity contribution < 1.29 is 0 Å². The van der Waals surface area contributed by atoms with E-state index in [0.717, 1.165) is 5.92 Å². The van der Waals surface area contributed by atoms with Gasteiger partial charge in [0, 0.05) is 19.8 Å². The van der Waals surface area contributed by atoms with Crippen LogP contribution in [0.1, 0.15) is 43.6 Å². The first-order chi connectivity index (χ1) is 9.25. The largest absolute Gasteiger partial charge is 0.378 e. The predicted molar refractivity (Wildman–Crippen MR) is 84.1 cm³/mol. The van der Waals surface area contributed by atoms with Crippen LogP contribution in [-0.4, -0.2) is 14.1 Å². The number of hydrogen-bond donors (Lipinski definition) is 0. The topological polar surface area (TPSA) is 3.24 Å². The van der Waals surface area contributed by atoms with Crippen LogP contribution in [0.15, 0.2) is 36.4 Å². The number of fused-ring (bicyclic) bond motifs is 1. The molecule has 0 radical (unpaired) electrons. The van der Waals surface area contributed by atoms with E-state index in [0.29, 0.717) is 0 Å². The van der Waals surface area contributed by atoms with Gasteiger partial charge in [0.25, 0.3) is 0 Å². The van der Waals surface area contributed by atoms with Crippen molar-refractivity contribution in [3.05, 3.63) is 42.0 Å². The molecular weight excluding hydrogens is 230 g/mol. The Bertz CT molecular complexity index is 565. The third-order valence-corrected chi connectivity index (χ3v) is 4.44. The van der Waals surface area contributed by atoms with Gasteiger partial charge in [0.1, 0.15) is 0 Å². The van der Waals surface area contributed by atoms with Gasteiger partial charge in [-0.2, -0.15) is 0 Å². The zero-order valence-corrected chi connectivity index (χ0v) is 12.0. The van der Waals surface area contributed by atoms with Crippen LogP contribution in [-0.2, 0) is 0 Å². The van der Waals surface area contributed by atoms with E-state index in [1.165, 1.54) is 48.6 Å². The lowest BCUT2D eigenvalue weighted by Crippen LogP contribution is -2.11. The molecule has 2 aromatic rings. The molecule has 0 N–H and O–H groups in total. The Morgan fingerprint density at radius 2 is 1.68 bits per heavy atom. The first kappa shape index (κ1) is 12.5. The summed E-state index contributed by atoms with van der Waals surface area (Å²) in [4.78, 5) is 2.22. The highest BCUT2D eigenvalue weighted by Gasteiger charge is 2.18. The minimum Gasteiger partial charge on any atom is -0.378 e. The fourth-order valence-corrected chi connectivity index (χ4v) is 3.33. The quantitative estimate of drug-likeness (QED) is 0.731. The van der Waals surface area contributed by atoms with E-state index in [1.54, 1.807) is 5.56 Å². The van der Waals surface area contributed by atoms with Gasteiger partial charge in [0.15, 0.2) is 0 Å². The fourth-order valence-electron chi connectivity index (χ4n) is 3.33. The van der Waals surface area contributed by atoms with Gasteiger partial charge in [-0.15, -0.1) is 0 Å². The van der Waals surface area contributed by atoms with Crippen LogP contribution in [0, 0.1) is 0 Å². The smallest absolute Gasteiger partial charge is 0.0370 e. The van der Waals surface area contributed by atoms with Crippen molar-refractivity contribution in [1.82, 2.24) is 0 Å². The molecule has 1 fully saturated rings. The van der Waals surface area contributed by atoms with Crippen molar-refractivity contribution in [2.24, 2.45) is 0 Å². The Morgan fingerprint density at radius 3 is 2.42 bits per heavy atom. The van der Waals surface area contributed by atoms with Crippen molar-refractivity contribution in [3.63, 3.8) is 0 Å². The molecule has 1 heteroatoms. The molecule has 0 unspecified atom stereocenters. The van der Waals surface area contributed by atoms with Gasteiger partial charge >= 0.3 is 0 Å². The molecule has 1 aliphatic rings. The maximum Gasteiger partial charge on any atom is 0.0370 e. The molecule has 0 spiro atoms. The van der Waals surface area contributed by atoms with E-state index in [9.17, 15) is 0 Å². The monoisotopic (exact) mass is 253 g/mol. The highest BCUT2D eigenvalue weighted by molar-refractivity contribution is 5.89. The average molecular weight is 253 g/mol. The highest BCUT2D eigenvalue weighted by atomic mass is 15.1. The van der Waals surface area contributed by atoms with Gasteiger partial charge in [-0.3, -0.25) is 0 Å². The molecule has 0 bridgehead atoms. The van der Waals surface area contributed by atoms with E-state index in [-0.39, 0.29) is 0 Å². The van der Waals surface area contributed by atoms with Crippen LogP contribution in [0.2, 0.25) is 0 Å². The van der Waals surface area contributed by atoms with Crippen molar-refractivity contribution in [3.8, 4) is 0 Å². The number of nitrogens with zero attached hydrogens (tertiary/aromatic N) is 1. The molecule has 0 atom stereocenters. The molecular formula is C18H23N. The van der Waals surface area contributed by atoms with E-state index in [1.807, 2.05) is 0 Å². The standard InChI is InChI=1S/C18H23N/c1-19(2)16-12-15-10-6-7-11-17(15)18(13-16)14-8-4-3-5-9-14/h6-7,10-14H,3-5,8-9H2,1-2H3. The summed E-state index contributed by atoms with van der Waals surface area (Å²) in [5.74, 6) is 0.763. The van der Waals surface area contributed by atoms with E-state index < -0.39 is 0 Å². The van der Waals surface area contributed by atoms with Crippen molar-refractivity contribution in [2.75, 3.05) is 19.0 Å². The molecule has 0 aromatic heterocycles. The third kappa shape index (κ3) is 2.47. The first-order valence-corrected chi connectivity index (χ1v) is 7.46. The van der Waals surface area contributed by atoms with Crippen molar-refractivity contribution >= 4 is 16.5 Å². The minimum absolute atomic E-state index is 0.763. The van der Waals surface area contributed by atoms with Gasteiger partial charge < -0.3 is 4.90 Å². The molecule has 1 nitrogen and oxygen atoms in total. The lowest BCUT2D eigenvalue weighted by Gasteiger charge is -2.25. The molecule has 0 saturated heterocycles. The molecule has 1 aliphatic carbocycles. The number of hydrogen-bond acceptors (Lipinski definition) is 1. The van der Waals surface area contributed by atoms with Crippen molar-refractivity contribution in [1.29, 1.82) is 0 Å². The van der Waals surface area contributed by atoms with Crippen molar-refractivity contribution in [2.45, 2.75) is 38.0 Å². The lowest BCUT2D eigenvalue weighted by molar-refractivity contribution is 0.445. The molecule has 0 amide bonds. The maximum absolute atomic E-state index is 2.42. The molecule has 2 aromatic carbocycles. The first-order valence-electron chi connectivity index (χ1n) is 7.46. The number of anilines is 1. The normalized spacial score (nSPS) is 16.7. The summed E-state index contributed by atoms with van der Waals surface area (Å²) in [6.07, 6.45) is 6.93. The van der Waals surface area contributed by atoms with E-state index in [4.69, 9.17) is 0 Å². The SMILES string of the molecule is CN(C)c1cc(C2CCCCC2)c2ccccc2c1. The van der Waals surface area contributed by atoms with Crippen LogP contribution in [0.4, 0.5) is 5.69 Å². The summed E-state index contributed by atoms with van der Waals surface area (Å²) in [5.41, 5.74) is 2.90. The molecule has 3 rings (SSSR count). The maximum atomic E-state index is 2.42. The lowest BCUT2D eigenvalue weighted by atomic mass is 9.82. The molecule has 1 saturated carbocycles. The van der Waals surface area contributed by atoms with Crippen LogP contribution < -0.4 is 4.90 Å². The zero-order chi connectivity index (χ0) is 13.2. The summed E-state index contributed by atoms with van der Waals surface area (Å²) in [6.45, 7) is 0. The highest BCUT2D eigenvalue weighted by Crippen LogP contribution is 2.38. The Kier molecular flexibility index (Phi) is 3.46. The van der Waals surface area contributed by atoms with Gasteiger partial charge in [-0.1, -0.05) is 43.5 Å². The summed E-state index contributed by atoms with van der Waals surface area (Å²) >= 11 is 0. The second-order valence-corrected chi connectivity index (χ2v) is 5.99. The summed E-state index contributed by atoms with van der Waals surface area (Å²) < 4.78 is 0. The van der Waals surface area contributed by atoms with Crippen LogP contribution in [0.3, 0.4) is 0 Å². The summed E-state index contributed by atoms with van der Waals surface area (Å²) in [6, 6.07) is 13.6. The summed E-state index contributed by atoms with van der Waals surface area (Å²) in [5, 5.41) is 2.84. The van der Waals surface area contributed by atoms with Gasteiger partial charge in [0.2, 0.25) is 0 Å². The Hall–Kier alpha value is -1.50. The Morgan fingerprint density at radius 1 is 0.947 bits per heavy atom. The second-order valence-electron chi connectivity index (χ2n) is 5.99. The number of benzene rings is 2. The van der Waals surface area contributed by atoms with E-state index in [2.05, 4.69) is 55.4 Å². The summed E-state index contributed by atoms with van der Waals surface area (Å²) in [7, 11) is 4.27. The predicted octanol–water partition coefficient (Wildman–Crippen LogP) is 4.95. The molecule has 19 heavy (non-hydrogen) atoms. The number of rotatable bonds is 2. The Labute approximate surface area is 116 Å². The van der Waals surface area contributed by atoms with Crippen LogP contribution in [0.25, 0.3) is 10.8 Å². The Balaban J connectivity index is 2.14. The van der Waals surface area contributed by atoms with Gasteiger partial charge in [-0.05, 0) is 47.2 Å². The molecule has 0 heterocycles. The van der Waals surface area contributed by atoms with E-state index >= 15 is 0 Å². The molecule has 100 valence electrons.